The normalized spacial score (nSPS) is 14.0. The molecule has 128 valence electrons. The number of thiazole rings is 1. The van der Waals surface area contributed by atoms with E-state index in [1.807, 2.05) is 17.6 Å². The second-order valence-electron chi connectivity index (χ2n) is 6.11. The lowest BCUT2D eigenvalue weighted by Crippen LogP contribution is -2.19. The van der Waals surface area contributed by atoms with E-state index in [-0.39, 0.29) is 5.82 Å². The molecule has 0 amide bonds. The fraction of sp³-hybridized carbons (Fsp3) is 0.263. The third-order valence-electron chi connectivity index (χ3n) is 4.33. The molecule has 1 saturated heterocycles. The van der Waals surface area contributed by atoms with E-state index in [2.05, 4.69) is 26.3 Å². The van der Waals surface area contributed by atoms with Crippen LogP contribution in [-0.4, -0.2) is 23.1 Å². The highest BCUT2D eigenvalue weighted by Gasteiger charge is 2.13. The fourth-order valence-electron chi connectivity index (χ4n) is 2.98. The first-order chi connectivity index (χ1) is 12.3. The van der Waals surface area contributed by atoms with Crippen LogP contribution in [0.4, 0.5) is 15.3 Å². The maximum atomic E-state index is 13.0. The lowest BCUT2D eigenvalue weighted by Gasteiger charge is -2.16. The molecule has 1 fully saturated rings. The van der Waals surface area contributed by atoms with Crippen LogP contribution in [0.2, 0.25) is 0 Å². The number of anilines is 2. The lowest BCUT2D eigenvalue weighted by molar-refractivity contribution is 0.628. The van der Waals surface area contributed by atoms with Gasteiger partial charge in [0.25, 0.3) is 0 Å². The number of hydrogen-bond acceptors (Lipinski definition) is 5. The van der Waals surface area contributed by atoms with Gasteiger partial charge in [-0.1, -0.05) is 0 Å². The number of nitrogens with zero attached hydrogens (tertiary/aromatic N) is 3. The summed E-state index contributed by atoms with van der Waals surface area (Å²) in [5.41, 5.74) is 2.97. The molecule has 1 N–H and O–H groups in total. The molecule has 0 spiro atoms. The largest absolute Gasteiger partial charge is 0.357 e. The average Bonchev–Trinajstić information content (AvgIpc) is 3.33. The first-order valence-corrected chi connectivity index (χ1v) is 9.31. The van der Waals surface area contributed by atoms with Crippen molar-refractivity contribution < 1.29 is 4.39 Å². The third kappa shape index (κ3) is 3.79. The monoisotopic (exact) mass is 354 g/mol. The summed E-state index contributed by atoms with van der Waals surface area (Å²) >= 11 is 1.56. The summed E-state index contributed by atoms with van der Waals surface area (Å²) in [5.74, 6) is 0.826. The number of hydrogen-bond donors (Lipinski definition) is 1. The van der Waals surface area contributed by atoms with Crippen LogP contribution in [0.3, 0.4) is 0 Å². The summed E-state index contributed by atoms with van der Waals surface area (Å²) in [6, 6.07) is 10.6. The van der Waals surface area contributed by atoms with Gasteiger partial charge in [-0.05, 0) is 54.8 Å². The van der Waals surface area contributed by atoms with Crippen molar-refractivity contribution >= 4 is 22.3 Å². The highest BCUT2D eigenvalue weighted by atomic mass is 32.1. The van der Waals surface area contributed by atoms with Crippen LogP contribution in [0.25, 0.3) is 11.3 Å². The fourth-order valence-corrected chi connectivity index (χ4v) is 3.69. The Kier molecular flexibility index (Phi) is 4.61. The molecule has 4 nitrogen and oxygen atoms in total. The summed E-state index contributed by atoms with van der Waals surface area (Å²) in [5, 5.41) is 6.21. The number of halogens is 1. The van der Waals surface area contributed by atoms with E-state index in [0.29, 0.717) is 6.54 Å². The predicted octanol–water partition coefficient (Wildman–Crippen LogP) is 4.56. The van der Waals surface area contributed by atoms with Gasteiger partial charge in [-0.25, -0.2) is 14.4 Å². The zero-order valence-electron chi connectivity index (χ0n) is 13.8. The van der Waals surface area contributed by atoms with Crippen LogP contribution in [0.1, 0.15) is 18.4 Å². The molecule has 0 radical (unpaired) electrons. The van der Waals surface area contributed by atoms with Crippen molar-refractivity contribution in [3.8, 4) is 11.3 Å². The number of nitrogens with one attached hydrogen (secondary N) is 1. The Balaban J connectivity index is 1.42. The van der Waals surface area contributed by atoms with Crippen molar-refractivity contribution in [3.63, 3.8) is 0 Å². The molecule has 0 unspecified atom stereocenters. The summed E-state index contributed by atoms with van der Waals surface area (Å²) in [6.45, 7) is 2.90. The summed E-state index contributed by atoms with van der Waals surface area (Å²) in [4.78, 5) is 11.4. The van der Waals surface area contributed by atoms with Crippen molar-refractivity contribution in [2.24, 2.45) is 0 Å². The van der Waals surface area contributed by atoms with E-state index in [1.165, 1.54) is 30.5 Å². The minimum Gasteiger partial charge on any atom is -0.357 e. The molecule has 2 aromatic heterocycles. The molecule has 0 saturated carbocycles. The van der Waals surface area contributed by atoms with Gasteiger partial charge in [0.1, 0.15) is 11.6 Å². The Bertz CT molecular complexity index is 841. The van der Waals surface area contributed by atoms with Gasteiger partial charge in [0.15, 0.2) is 5.13 Å². The van der Waals surface area contributed by atoms with Gasteiger partial charge in [-0.2, -0.15) is 0 Å². The van der Waals surface area contributed by atoms with Crippen LogP contribution in [0, 0.1) is 5.82 Å². The molecular formula is C19H19FN4S. The Labute approximate surface area is 150 Å². The van der Waals surface area contributed by atoms with Gasteiger partial charge in [-0.3, -0.25) is 0 Å². The van der Waals surface area contributed by atoms with Gasteiger partial charge >= 0.3 is 0 Å². The molecule has 0 bridgehead atoms. The Hall–Kier alpha value is -2.47. The molecule has 1 aliphatic heterocycles. The van der Waals surface area contributed by atoms with Gasteiger partial charge in [-0.15, -0.1) is 11.3 Å². The van der Waals surface area contributed by atoms with Crippen LogP contribution >= 0.6 is 11.3 Å². The maximum absolute atomic E-state index is 13.0. The van der Waals surface area contributed by atoms with E-state index >= 15 is 0 Å². The molecule has 3 aromatic rings. The zero-order chi connectivity index (χ0) is 17.1. The SMILES string of the molecule is Fc1ccc(-c2csc(NCc3ccnc(N4CCCC4)c3)n2)cc1. The van der Waals surface area contributed by atoms with Gasteiger partial charge in [0.05, 0.1) is 5.69 Å². The first-order valence-electron chi connectivity index (χ1n) is 8.43. The second-order valence-corrected chi connectivity index (χ2v) is 6.97. The third-order valence-corrected chi connectivity index (χ3v) is 5.13. The van der Waals surface area contributed by atoms with E-state index in [4.69, 9.17) is 0 Å². The van der Waals surface area contributed by atoms with Crippen LogP contribution in [-0.2, 0) is 6.54 Å². The molecule has 1 aromatic carbocycles. The summed E-state index contributed by atoms with van der Waals surface area (Å²) in [7, 11) is 0. The van der Waals surface area contributed by atoms with E-state index in [0.717, 1.165) is 35.3 Å². The van der Waals surface area contributed by atoms with Gasteiger partial charge in [0, 0.05) is 36.8 Å². The Morgan fingerprint density at radius 1 is 1.12 bits per heavy atom. The summed E-state index contributed by atoms with van der Waals surface area (Å²) < 4.78 is 13.0. The average molecular weight is 354 g/mol. The standard InChI is InChI=1S/C19H19FN4S/c20-16-5-3-15(4-6-16)17-13-25-19(23-17)22-12-14-7-8-21-18(11-14)24-9-1-2-10-24/h3-8,11,13H,1-2,9-10,12H2,(H,22,23). The molecule has 0 aliphatic carbocycles. The molecule has 25 heavy (non-hydrogen) atoms. The van der Waals surface area contributed by atoms with E-state index < -0.39 is 0 Å². The number of rotatable bonds is 5. The quantitative estimate of drug-likeness (QED) is 0.729. The van der Waals surface area contributed by atoms with Crippen molar-refractivity contribution in [2.75, 3.05) is 23.3 Å². The lowest BCUT2D eigenvalue weighted by atomic mass is 10.2. The highest BCUT2D eigenvalue weighted by Crippen LogP contribution is 2.26. The summed E-state index contributed by atoms with van der Waals surface area (Å²) in [6.07, 6.45) is 4.36. The van der Waals surface area contributed by atoms with Crippen molar-refractivity contribution in [3.05, 3.63) is 59.4 Å². The predicted molar refractivity (Wildman–Crippen MR) is 101 cm³/mol. The number of pyridine rings is 1. The molecule has 4 rings (SSSR count). The number of benzene rings is 1. The Morgan fingerprint density at radius 3 is 2.72 bits per heavy atom. The molecule has 6 heteroatoms. The molecule has 3 heterocycles. The molecule has 1 aliphatic rings. The molecular weight excluding hydrogens is 335 g/mol. The van der Waals surface area contributed by atoms with E-state index in [9.17, 15) is 4.39 Å². The van der Waals surface area contributed by atoms with Crippen LogP contribution in [0.5, 0.6) is 0 Å². The van der Waals surface area contributed by atoms with Crippen molar-refractivity contribution in [2.45, 2.75) is 19.4 Å². The second kappa shape index (κ2) is 7.19. The van der Waals surface area contributed by atoms with Gasteiger partial charge < -0.3 is 10.2 Å². The minimum atomic E-state index is -0.233. The zero-order valence-corrected chi connectivity index (χ0v) is 14.6. The Morgan fingerprint density at radius 2 is 1.92 bits per heavy atom. The highest BCUT2D eigenvalue weighted by molar-refractivity contribution is 7.14. The maximum Gasteiger partial charge on any atom is 0.183 e. The smallest absolute Gasteiger partial charge is 0.183 e. The van der Waals surface area contributed by atoms with Crippen molar-refractivity contribution in [1.82, 2.24) is 9.97 Å². The van der Waals surface area contributed by atoms with E-state index in [1.54, 1.807) is 23.5 Å². The van der Waals surface area contributed by atoms with Crippen LogP contribution < -0.4 is 10.2 Å². The first kappa shape index (κ1) is 16.0. The minimum absolute atomic E-state index is 0.233. The topological polar surface area (TPSA) is 41.1 Å². The van der Waals surface area contributed by atoms with Crippen molar-refractivity contribution in [1.29, 1.82) is 0 Å². The van der Waals surface area contributed by atoms with Crippen LogP contribution in [0.15, 0.2) is 48.0 Å². The molecule has 0 atom stereocenters. The van der Waals surface area contributed by atoms with Gasteiger partial charge in [0.2, 0.25) is 0 Å². The number of aromatic nitrogens is 2.